The van der Waals surface area contributed by atoms with Crippen LogP contribution in [0.2, 0.25) is 0 Å². The first-order valence-corrected chi connectivity index (χ1v) is 10.1. The van der Waals surface area contributed by atoms with Crippen LogP contribution >= 0.6 is 12.2 Å². The number of carbonyl (C=O) groups excluding carboxylic acids is 3. The number of aryl methyl sites for hydroxylation is 1. The fourth-order valence-electron chi connectivity index (χ4n) is 2.45. The molecule has 164 valence electrons. The Morgan fingerprint density at radius 1 is 0.935 bits per heavy atom. The molecule has 3 N–H and O–H groups in total. The van der Waals surface area contributed by atoms with Crippen LogP contribution in [0.1, 0.15) is 24.0 Å². The Bertz CT molecular complexity index is 905. The summed E-state index contributed by atoms with van der Waals surface area (Å²) in [6, 6.07) is 16.9. The summed E-state index contributed by atoms with van der Waals surface area (Å²) in [7, 11) is 0. The van der Waals surface area contributed by atoms with Gasteiger partial charge in [-0.3, -0.25) is 25.2 Å². The standard InChI is InChI=1S/C22H25N3O5S/c1-16-6-5-9-18(14-16)30-15-20(27)24-25-22(31)23-19(26)10-11-21(28)29-13-12-17-7-3-2-4-8-17/h2-9,14H,10-13,15H2,1H3,(H,24,27)(H2,23,25,26,31). The van der Waals surface area contributed by atoms with E-state index in [1.165, 1.54) is 0 Å². The highest BCUT2D eigenvalue weighted by atomic mass is 32.1. The van der Waals surface area contributed by atoms with Crippen molar-refractivity contribution < 1.29 is 23.9 Å². The first-order valence-electron chi connectivity index (χ1n) is 9.70. The maximum Gasteiger partial charge on any atom is 0.306 e. The monoisotopic (exact) mass is 443 g/mol. The Morgan fingerprint density at radius 2 is 1.71 bits per heavy atom. The predicted molar refractivity (Wildman–Crippen MR) is 119 cm³/mol. The number of amides is 2. The van der Waals surface area contributed by atoms with Gasteiger partial charge in [0, 0.05) is 12.8 Å². The smallest absolute Gasteiger partial charge is 0.306 e. The summed E-state index contributed by atoms with van der Waals surface area (Å²) in [6.07, 6.45) is 0.455. The number of carbonyl (C=O) groups is 3. The van der Waals surface area contributed by atoms with Crippen LogP contribution in [-0.2, 0) is 25.5 Å². The van der Waals surface area contributed by atoms with Crippen molar-refractivity contribution in [2.24, 2.45) is 0 Å². The maximum absolute atomic E-state index is 11.9. The summed E-state index contributed by atoms with van der Waals surface area (Å²) in [5, 5.41) is 2.28. The molecule has 0 aromatic heterocycles. The Morgan fingerprint density at radius 3 is 2.45 bits per heavy atom. The van der Waals surface area contributed by atoms with Gasteiger partial charge in [-0.05, 0) is 42.4 Å². The Balaban J connectivity index is 1.55. The lowest BCUT2D eigenvalue weighted by Crippen LogP contribution is -2.49. The summed E-state index contributed by atoms with van der Waals surface area (Å²) in [4.78, 5) is 35.4. The zero-order valence-corrected chi connectivity index (χ0v) is 18.0. The van der Waals surface area contributed by atoms with Crippen LogP contribution in [0.4, 0.5) is 0 Å². The minimum absolute atomic E-state index is 0.0695. The first kappa shape index (κ1) is 23.8. The molecule has 2 rings (SSSR count). The minimum Gasteiger partial charge on any atom is -0.484 e. The third-order valence-corrected chi connectivity index (χ3v) is 4.18. The van der Waals surface area contributed by atoms with Gasteiger partial charge in [0.15, 0.2) is 11.7 Å². The quantitative estimate of drug-likeness (QED) is 0.309. The van der Waals surface area contributed by atoms with Gasteiger partial charge in [-0.1, -0.05) is 42.5 Å². The van der Waals surface area contributed by atoms with Crippen LogP contribution in [0.25, 0.3) is 0 Å². The van der Waals surface area contributed by atoms with E-state index in [1.54, 1.807) is 12.1 Å². The van der Waals surface area contributed by atoms with Gasteiger partial charge in [0.2, 0.25) is 5.91 Å². The fourth-order valence-corrected chi connectivity index (χ4v) is 2.62. The molecule has 2 aromatic rings. The number of benzene rings is 2. The van der Waals surface area contributed by atoms with Gasteiger partial charge in [0.05, 0.1) is 13.0 Å². The van der Waals surface area contributed by atoms with E-state index in [-0.39, 0.29) is 31.2 Å². The van der Waals surface area contributed by atoms with Gasteiger partial charge in [-0.2, -0.15) is 0 Å². The van der Waals surface area contributed by atoms with Gasteiger partial charge in [0.25, 0.3) is 5.91 Å². The van der Waals surface area contributed by atoms with Crippen molar-refractivity contribution in [2.75, 3.05) is 13.2 Å². The van der Waals surface area contributed by atoms with Crippen molar-refractivity contribution in [1.82, 2.24) is 16.2 Å². The van der Waals surface area contributed by atoms with Gasteiger partial charge >= 0.3 is 5.97 Å². The van der Waals surface area contributed by atoms with E-state index in [1.807, 2.05) is 49.4 Å². The largest absolute Gasteiger partial charge is 0.484 e. The van der Waals surface area contributed by atoms with Crippen LogP contribution in [0.15, 0.2) is 54.6 Å². The van der Waals surface area contributed by atoms with E-state index in [0.717, 1.165) is 11.1 Å². The second kappa shape index (κ2) is 13.0. The van der Waals surface area contributed by atoms with E-state index in [9.17, 15) is 14.4 Å². The maximum atomic E-state index is 11.9. The second-order valence-electron chi connectivity index (χ2n) is 6.61. The molecule has 2 aromatic carbocycles. The minimum atomic E-state index is -0.472. The number of esters is 1. The van der Waals surface area contributed by atoms with Gasteiger partial charge in [0.1, 0.15) is 5.75 Å². The van der Waals surface area contributed by atoms with E-state index >= 15 is 0 Å². The van der Waals surface area contributed by atoms with Crippen LogP contribution < -0.4 is 20.9 Å². The summed E-state index contributed by atoms with van der Waals surface area (Å²) >= 11 is 4.93. The molecule has 0 atom stereocenters. The molecular weight excluding hydrogens is 418 g/mol. The molecule has 0 spiro atoms. The van der Waals surface area contributed by atoms with E-state index < -0.39 is 17.8 Å². The number of hydrazine groups is 1. The predicted octanol–water partition coefficient (Wildman–Crippen LogP) is 1.96. The second-order valence-corrected chi connectivity index (χ2v) is 7.02. The van der Waals surface area contributed by atoms with Crippen molar-refractivity contribution in [3.63, 3.8) is 0 Å². The molecule has 8 nitrogen and oxygen atoms in total. The van der Waals surface area contributed by atoms with E-state index in [0.29, 0.717) is 12.2 Å². The van der Waals surface area contributed by atoms with Crippen LogP contribution in [0.3, 0.4) is 0 Å². The molecule has 0 unspecified atom stereocenters. The molecule has 0 aliphatic rings. The Hall–Kier alpha value is -3.46. The topological polar surface area (TPSA) is 106 Å². The van der Waals surface area contributed by atoms with Crippen LogP contribution in [0.5, 0.6) is 5.75 Å². The average molecular weight is 444 g/mol. The van der Waals surface area contributed by atoms with Gasteiger partial charge < -0.3 is 14.8 Å². The van der Waals surface area contributed by atoms with Crippen molar-refractivity contribution in [1.29, 1.82) is 0 Å². The normalized spacial score (nSPS) is 9.97. The SMILES string of the molecule is Cc1cccc(OCC(=O)NNC(=S)NC(=O)CCC(=O)OCCc2ccccc2)c1. The molecule has 0 aliphatic heterocycles. The molecule has 31 heavy (non-hydrogen) atoms. The summed E-state index contributed by atoms with van der Waals surface area (Å²) in [5.74, 6) is -0.837. The molecule has 0 fully saturated rings. The third kappa shape index (κ3) is 10.2. The molecule has 2 amide bonds. The summed E-state index contributed by atoms with van der Waals surface area (Å²) < 4.78 is 10.5. The van der Waals surface area contributed by atoms with Crippen molar-refractivity contribution in [2.45, 2.75) is 26.2 Å². The lowest BCUT2D eigenvalue weighted by Gasteiger charge is -2.11. The first-order chi connectivity index (χ1) is 14.9. The Labute approximate surface area is 186 Å². The van der Waals surface area contributed by atoms with Gasteiger partial charge in [-0.15, -0.1) is 0 Å². The lowest BCUT2D eigenvalue weighted by molar-refractivity contribution is -0.144. The zero-order chi connectivity index (χ0) is 22.5. The molecular formula is C22H25N3O5S. The number of hydrogen-bond donors (Lipinski definition) is 3. The molecule has 0 aliphatic carbocycles. The van der Waals surface area contributed by atoms with E-state index in [2.05, 4.69) is 16.2 Å². The third-order valence-electron chi connectivity index (χ3n) is 3.98. The number of ether oxygens (including phenoxy) is 2. The number of nitrogens with one attached hydrogen (secondary N) is 3. The molecule has 9 heteroatoms. The summed E-state index contributed by atoms with van der Waals surface area (Å²) in [6.45, 7) is 1.95. The highest BCUT2D eigenvalue weighted by molar-refractivity contribution is 7.80. The van der Waals surface area contributed by atoms with Crippen LogP contribution in [-0.4, -0.2) is 36.1 Å². The number of rotatable bonds is 9. The van der Waals surface area contributed by atoms with Crippen LogP contribution in [0, 0.1) is 6.92 Å². The molecule has 0 radical (unpaired) electrons. The molecule has 0 heterocycles. The highest BCUT2D eigenvalue weighted by Crippen LogP contribution is 2.11. The van der Waals surface area contributed by atoms with E-state index in [4.69, 9.17) is 21.7 Å². The average Bonchev–Trinajstić information content (AvgIpc) is 2.75. The molecule has 0 bridgehead atoms. The van der Waals surface area contributed by atoms with Crippen molar-refractivity contribution >= 4 is 35.1 Å². The summed E-state index contributed by atoms with van der Waals surface area (Å²) in [5.41, 5.74) is 6.80. The van der Waals surface area contributed by atoms with Crippen molar-refractivity contribution in [3.05, 3.63) is 65.7 Å². The number of hydrogen-bond acceptors (Lipinski definition) is 6. The molecule has 0 saturated heterocycles. The highest BCUT2D eigenvalue weighted by Gasteiger charge is 2.10. The van der Waals surface area contributed by atoms with Gasteiger partial charge in [-0.25, -0.2) is 0 Å². The fraction of sp³-hybridized carbons (Fsp3) is 0.273. The zero-order valence-electron chi connectivity index (χ0n) is 17.2. The number of thiocarbonyl (C=S) groups is 1. The Kier molecular flexibility index (Phi) is 9.96. The lowest BCUT2D eigenvalue weighted by atomic mass is 10.2. The molecule has 0 saturated carbocycles. The van der Waals surface area contributed by atoms with Crippen molar-refractivity contribution in [3.8, 4) is 5.75 Å².